The highest BCUT2D eigenvalue weighted by atomic mass is 32.2. The van der Waals surface area contributed by atoms with E-state index in [0.29, 0.717) is 22.4 Å². The van der Waals surface area contributed by atoms with E-state index in [4.69, 9.17) is 0 Å². The summed E-state index contributed by atoms with van der Waals surface area (Å²) in [5.41, 5.74) is -0.956. The molecule has 0 aliphatic carbocycles. The second-order valence-corrected chi connectivity index (χ2v) is 10.4. The standard InChI is InChI=1S/C24H29F4N3O4S/c1-5-16(2)29-23(33)17(3)30(14-18-9-11-20(25)12-10-18)22(32)15-31(36(4,34)35)21-8-6-7-19(13-21)24(26,27)28/h6-13,16-17H,5,14-15H2,1-4H3,(H,29,33). The summed E-state index contributed by atoms with van der Waals surface area (Å²) < 4.78 is 78.5. The van der Waals surface area contributed by atoms with E-state index in [1.807, 2.05) is 6.92 Å². The average Bonchev–Trinajstić information content (AvgIpc) is 2.80. The number of alkyl halides is 3. The van der Waals surface area contributed by atoms with E-state index < -0.39 is 52.0 Å². The number of benzene rings is 2. The number of sulfonamides is 1. The zero-order valence-corrected chi connectivity index (χ0v) is 21.2. The molecule has 2 aromatic carbocycles. The van der Waals surface area contributed by atoms with Gasteiger partial charge in [-0.05, 0) is 56.2 Å². The lowest BCUT2D eigenvalue weighted by molar-refractivity contribution is -0.139. The predicted octanol–water partition coefficient (Wildman–Crippen LogP) is 3.94. The Hall–Kier alpha value is -3.15. The van der Waals surface area contributed by atoms with Crippen LogP contribution in [0.5, 0.6) is 0 Å². The van der Waals surface area contributed by atoms with Crippen LogP contribution < -0.4 is 9.62 Å². The quantitative estimate of drug-likeness (QED) is 0.471. The molecule has 2 unspecified atom stereocenters. The Morgan fingerprint density at radius 1 is 1.06 bits per heavy atom. The maximum absolute atomic E-state index is 13.4. The number of carbonyl (C=O) groups is 2. The summed E-state index contributed by atoms with van der Waals surface area (Å²) in [6, 6.07) is 7.53. The first-order valence-electron chi connectivity index (χ1n) is 11.1. The van der Waals surface area contributed by atoms with Gasteiger partial charge in [-0.25, -0.2) is 12.8 Å². The van der Waals surface area contributed by atoms with E-state index in [2.05, 4.69) is 5.32 Å². The Labute approximate surface area is 208 Å². The third-order valence-corrected chi connectivity index (χ3v) is 6.72. The van der Waals surface area contributed by atoms with Gasteiger partial charge in [-0.15, -0.1) is 0 Å². The zero-order chi connectivity index (χ0) is 27.3. The van der Waals surface area contributed by atoms with Crippen LogP contribution in [0.3, 0.4) is 0 Å². The molecule has 0 radical (unpaired) electrons. The summed E-state index contributed by atoms with van der Waals surface area (Å²) in [5.74, 6) is -1.83. The summed E-state index contributed by atoms with van der Waals surface area (Å²) in [6.07, 6.45) is -3.33. The molecule has 2 amide bonds. The van der Waals surface area contributed by atoms with Crippen molar-refractivity contribution in [3.05, 3.63) is 65.5 Å². The second kappa shape index (κ2) is 11.7. The Balaban J connectivity index is 2.43. The number of hydrogen-bond donors (Lipinski definition) is 1. The lowest BCUT2D eigenvalue weighted by atomic mass is 10.1. The number of nitrogens with zero attached hydrogens (tertiary/aromatic N) is 2. The molecule has 0 heterocycles. The van der Waals surface area contributed by atoms with Gasteiger partial charge in [-0.2, -0.15) is 13.2 Å². The van der Waals surface area contributed by atoms with Crippen molar-refractivity contribution in [3.63, 3.8) is 0 Å². The maximum Gasteiger partial charge on any atom is 0.416 e. The van der Waals surface area contributed by atoms with Crippen LogP contribution in [-0.4, -0.2) is 50.0 Å². The molecule has 12 heteroatoms. The van der Waals surface area contributed by atoms with E-state index in [0.717, 1.165) is 29.4 Å². The molecule has 2 rings (SSSR count). The van der Waals surface area contributed by atoms with Crippen LogP contribution in [0.4, 0.5) is 23.2 Å². The van der Waals surface area contributed by atoms with Gasteiger partial charge in [-0.3, -0.25) is 13.9 Å². The van der Waals surface area contributed by atoms with Gasteiger partial charge >= 0.3 is 6.18 Å². The fourth-order valence-electron chi connectivity index (χ4n) is 3.29. The molecule has 0 bridgehead atoms. The summed E-state index contributed by atoms with van der Waals surface area (Å²) in [5, 5.41) is 2.75. The second-order valence-electron chi connectivity index (χ2n) is 8.46. The molecule has 0 fully saturated rings. The molecule has 0 spiro atoms. The summed E-state index contributed by atoms with van der Waals surface area (Å²) in [7, 11) is -4.19. The molecule has 36 heavy (non-hydrogen) atoms. The highest BCUT2D eigenvalue weighted by Crippen LogP contribution is 2.32. The van der Waals surface area contributed by atoms with Crippen molar-refractivity contribution in [3.8, 4) is 0 Å². The average molecular weight is 532 g/mol. The molecule has 0 saturated heterocycles. The third-order valence-electron chi connectivity index (χ3n) is 5.58. The van der Waals surface area contributed by atoms with Gasteiger partial charge < -0.3 is 10.2 Å². The van der Waals surface area contributed by atoms with Gasteiger partial charge in [0.05, 0.1) is 17.5 Å². The fourth-order valence-corrected chi connectivity index (χ4v) is 4.13. The number of carbonyl (C=O) groups excluding carboxylic acids is 2. The third kappa shape index (κ3) is 7.94. The minimum Gasteiger partial charge on any atom is -0.352 e. The SMILES string of the molecule is CCC(C)NC(=O)C(C)N(Cc1ccc(F)cc1)C(=O)CN(c1cccc(C(F)(F)F)c1)S(C)(=O)=O. The van der Waals surface area contributed by atoms with Crippen molar-refractivity contribution in [1.29, 1.82) is 0 Å². The van der Waals surface area contributed by atoms with Crippen molar-refractivity contribution >= 4 is 27.5 Å². The first-order valence-corrected chi connectivity index (χ1v) is 13.0. The van der Waals surface area contributed by atoms with Crippen molar-refractivity contribution < 1.29 is 35.6 Å². The van der Waals surface area contributed by atoms with E-state index >= 15 is 0 Å². The maximum atomic E-state index is 13.4. The monoisotopic (exact) mass is 531 g/mol. The molecule has 2 aromatic rings. The number of hydrogen-bond acceptors (Lipinski definition) is 4. The highest BCUT2D eigenvalue weighted by Gasteiger charge is 2.33. The molecule has 2 atom stereocenters. The number of halogens is 4. The van der Waals surface area contributed by atoms with Crippen LogP contribution in [0.25, 0.3) is 0 Å². The van der Waals surface area contributed by atoms with E-state index in [-0.39, 0.29) is 18.3 Å². The van der Waals surface area contributed by atoms with Crippen LogP contribution in [0.15, 0.2) is 48.5 Å². The first-order chi connectivity index (χ1) is 16.6. The van der Waals surface area contributed by atoms with Gasteiger partial charge in [-0.1, -0.05) is 25.1 Å². The van der Waals surface area contributed by atoms with Crippen molar-refractivity contribution in [1.82, 2.24) is 10.2 Å². The molecule has 0 aliphatic rings. The minimum atomic E-state index is -4.72. The molecular formula is C24H29F4N3O4S. The summed E-state index contributed by atoms with van der Waals surface area (Å²) >= 11 is 0. The normalized spacial score (nSPS) is 13.6. The smallest absolute Gasteiger partial charge is 0.352 e. The molecule has 0 saturated carbocycles. The predicted molar refractivity (Wildman–Crippen MR) is 128 cm³/mol. The van der Waals surface area contributed by atoms with Gasteiger partial charge in [0, 0.05) is 12.6 Å². The Morgan fingerprint density at radius 2 is 1.67 bits per heavy atom. The highest BCUT2D eigenvalue weighted by molar-refractivity contribution is 7.92. The summed E-state index contributed by atoms with van der Waals surface area (Å²) in [6.45, 7) is 4.08. The number of nitrogens with one attached hydrogen (secondary N) is 1. The van der Waals surface area contributed by atoms with Crippen LogP contribution >= 0.6 is 0 Å². The van der Waals surface area contributed by atoms with Crippen LogP contribution in [0, 0.1) is 5.82 Å². The van der Waals surface area contributed by atoms with Crippen molar-refractivity contribution in [2.45, 2.75) is 52.0 Å². The van der Waals surface area contributed by atoms with E-state index in [1.54, 1.807) is 6.92 Å². The van der Waals surface area contributed by atoms with E-state index in [9.17, 15) is 35.6 Å². The number of rotatable bonds is 10. The molecule has 7 nitrogen and oxygen atoms in total. The fraction of sp³-hybridized carbons (Fsp3) is 0.417. The van der Waals surface area contributed by atoms with Crippen LogP contribution in [0.1, 0.15) is 38.3 Å². The Kier molecular flexibility index (Phi) is 9.47. The molecular weight excluding hydrogens is 502 g/mol. The molecule has 0 aromatic heterocycles. The lowest BCUT2D eigenvalue weighted by Crippen LogP contribution is -2.52. The molecule has 1 N–H and O–H groups in total. The number of amides is 2. The van der Waals surface area contributed by atoms with Crippen LogP contribution in [-0.2, 0) is 32.3 Å². The van der Waals surface area contributed by atoms with Crippen molar-refractivity contribution in [2.24, 2.45) is 0 Å². The van der Waals surface area contributed by atoms with E-state index in [1.165, 1.54) is 31.2 Å². The zero-order valence-electron chi connectivity index (χ0n) is 20.3. The van der Waals surface area contributed by atoms with Gasteiger partial charge in [0.25, 0.3) is 0 Å². The van der Waals surface area contributed by atoms with Gasteiger partial charge in [0.1, 0.15) is 18.4 Å². The summed E-state index contributed by atoms with van der Waals surface area (Å²) in [4.78, 5) is 27.3. The largest absolute Gasteiger partial charge is 0.416 e. The van der Waals surface area contributed by atoms with Gasteiger partial charge in [0.2, 0.25) is 21.8 Å². The molecule has 198 valence electrons. The van der Waals surface area contributed by atoms with Crippen LogP contribution in [0.2, 0.25) is 0 Å². The lowest BCUT2D eigenvalue weighted by Gasteiger charge is -2.32. The van der Waals surface area contributed by atoms with Gasteiger partial charge in [0.15, 0.2) is 0 Å². The van der Waals surface area contributed by atoms with Crippen molar-refractivity contribution in [2.75, 3.05) is 17.1 Å². The first kappa shape index (κ1) is 29.1. The topological polar surface area (TPSA) is 86.8 Å². The Bertz CT molecular complexity index is 1170. The Morgan fingerprint density at radius 3 is 2.19 bits per heavy atom. The minimum absolute atomic E-state index is 0.158. The number of anilines is 1. The molecule has 0 aliphatic heterocycles.